The quantitative estimate of drug-likeness (QED) is 0.695. The molecular formula is C25H32O2Si. The van der Waals surface area contributed by atoms with Gasteiger partial charge in [0.1, 0.15) is 5.78 Å². The van der Waals surface area contributed by atoms with Crippen LogP contribution in [0, 0.1) is 5.41 Å². The summed E-state index contributed by atoms with van der Waals surface area (Å²) in [6.07, 6.45) is 5.95. The Hall–Kier alpha value is -1.71. The first-order chi connectivity index (χ1) is 13.4. The summed E-state index contributed by atoms with van der Waals surface area (Å²) < 4.78 is 7.36. The number of rotatable bonds is 4. The molecular weight excluding hydrogens is 360 g/mol. The molecule has 0 saturated heterocycles. The second-order valence-electron chi connectivity index (χ2n) is 9.59. The van der Waals surface area contributed by atoms with Crippen molar-refractivity contribution in [1.82, 2.24) is 0 Å². The van der Waals surface area contributed by atoms with E-state index in [1.165, 1.54) is 10.4 Å². The van der Waals surface area contributed by atoms with Crippen LogP contribution in [0.5, 0.6) is 0 Å². The van der Waals surface area contributed by atoms with E-state index >= 15 is 0 Å². The highest BCUT2D eigenvalue weighted by molar-refractivity contribution is 6.99. The van der Waals surface area contributed by atoms with Crippen LogP contribution in [-0.4, -0.2) is 20.2 Å². The van der Waals surface area contributed by atoms with E-state index in [-0.39, 0.29) is 16.6 Å². The molecule has 4 rings (SSSR count). The lowest BCUT2D eigenvalue weighted by Crippen LogP contribution is -2.68. The van der Waals surface area contributed by atoms with Gasteiger partial charge in [0.2, 0.25) is 0 Å². The molecule has 0 radical (unpaired) electrons. The Morgan fingerprint density at radius 3 is 1.89 bits per heavy atom. The molecule has 0 N–H and O–H groups in total. The van der Waals surface area contributed by atoms with E-state index < -0.39 is 8.32 Å². The van der Waals surface area contributed by atoms with Gasteiger partial charge < -0.3 is 4.43 Å². The van der Waals surface area contributed by atoms with E-state index in [9.17, 15) is 4.79 Å². The van der Waals surface area contributed by atoms with Gasteiger partial charge >= 0.3 is 0 Å². The predicted octanol–water partition coefficient (Wildman–Crippen LogP) is 4.85. The minimum atomic E-state index is -2.59. The maximum absolute atomic E-state index is 13.0. The van der Waals surface area contributed by atoms with Crippen molar-refractivity contribution in [2.24, 2.45) is 5.41 Å². The van der Waals surface area contributed by atoms with Crippen LogP contribution < -0.4 is 10.4 Å². The molecule has 0 aromatic heterocycles. The fraction of sp³-hybridized carbons (Fsp3) is 0.480. The average molecular weight is 393 g/mol. The molecule has 148 valence electrons. The van der Waals surface area contributed by atoms with Gasteiger partial charge in [-0.25, -0.2) is 0 Å². The number of ketones is 1. The summed E-state index contributed by atoms with van der Waals surface area (Å²) in [6, 6.07) is 21.6. The third-order valence-electron chi connectivity index (χ3n) is 7.02. The number of hydrogen-bond acceptors (Lipinski definition) is 2. The van der Waals surface area contributed by atoms with Gasteiger partial charge in [0.15, 0.2) is 0 Å². The number of benzene rings is 2. The summed E-state index contributed by atoms with van der Waals surface area (Å²) >= 11 is 0. The Labute approximate surface area is 170 Å². The summed E-state index contributed by atoms with van der Waals surface area (Å²) in [5.74, 6) is 0.452. The summed E-state index contributed by atoms with van der Waals surface area (Å²) in [7, 11) is -2.59. The molecule has 2 fully saturated rings. The topological polar surface area (TPSA) is 26.3 Å². The first-order valence-electron chi connectivity index (χ1n) is 10.7. The minimum absolute atomic E-state index is 0.0405. The van der Waals surface area contributed by atoms with E-state index in [0.717, 1.165) is 38.5 Å². The zero-order valence-electron chi connectivity index (χ0n) is 17.4. The van der Waals surface area contributed by atoms with E-state index in [4.69, 9.17) is 4.43 Å². The van der Waals surface area contributed by atoms with E-state index in [2.05, 4.69) is 81.4 Å². The van der Waals surface area contributed by atoms with Gasteiger partial charge in [0.25, 0.3) is 8.32 Å². The van der Waals surface area contributed by atoms with Crippen molar-refractivity contribution in [3.05, 3.63) is 60.7 Å². The van der Waals surface area contributed by atoms with Crippen molar-refractivity contribution in [3.8, 4) is 0 Å². The number of carbonyl (C=O) groups excluding carboxylic acids is 1. The Morgan fingerprint density at radius 2 is 1.43 bits per heavy atom. The van der Waals surface area contributed by atoms with Gasteiger partial charge in [-0.2, -0.15) is 0 Å². The minimum Gasteiger partial charge on any atom is -0.403 e. The Kier molecular flexibility index (Phi) is 5.09. The van der Waals surface area contributed by atoms with Gasteiger partial charge in [0.05, 0.1) is 11.5 Å². The first-order valence-corrected chi connectivity index (χ1v) is 12.6. The van der Waals surface area contributed by atoms with Crippen LogP contribution in [0.2, 0.25) is 5.04 Å². The standard InChI is InChI=1S/C25H32O2Si/c1-24(2,3)28(20-12-6-4-7-13-20,21-14-8-5-9-15-21)27-23-17-11-19-25(23)18-10-16-22(25)26/h4-9,12-15,23H,10-11,16-19H2,1-3H3/t23-,25-/m1/s1. The van der Waals surface area contributed by atoms with Gasteiger partial charge in [0, 0.05) is 6.42 Å². The second kappa shape index (κ2) is 7.27. The lowest BCUT2D eigenvalue weighted by molar-refractivity contribution is -0.129. The average Bonchev–Trinajstić information content (AvgIpc) is 3.27. The van der Waals surface area contributed by atoms with E-state index in [1.807, 2.05) is 0 Å². The SMILES string of the molecule is CC(C)(C)[Si](O[C@@H]1CCC[C@@]12CCCC2=O)(c1ccccc1)c1ccccc1. The largest absolute Gasteiger partial charge is 0.403 e. The van der Waals surface area contributed by atoms with Crippen LogP contribution in [0.4, 0.5) is 0 Å². The molecule has 0 amide bonds. The van der Waals surface area contributed by atoms with Crippen LogP contribution in [0.3, 0.4) is 0 Å². The van der Waals surface area contributed by atoms with Crippen LogP contribution in [0.15, 0.2) is 60.7 Å². The molecule has 0 heterocycles. The van der Waals surface area contributed by atoms with Crippen LogP contribution in [0.1, 0.15) is 59.3 Å². The maximum atomic E-state index is 13.0. The highest BCUT2D eigenvalue weighted by Gasteiger charge is 2.58. The molecule has 0 aliphatic heterocycles. The lowest BCUT2D eigenvalue weighted by atomic mass is 9.81. The van der Waals surface area contributed by atoms with Gasteiger partial charge in [-0.15, -0.1) is 0 Å². The maximum Gasteiger partial charge on any atom is 0.261 e. The highest BCUT2D eigenvalue weighted by Crippen LogP contribution is 2.52. The number of hydrogen-bond donors (Lipinski definition) is 0. The highest BCUT2D eigenvalue weighted by atomic mass is 28.4. The predicted molar refractivity (Wildman–Crippen MR) is 118 cm³/mol. The molecule has 2 saturated carbocycles. The molecule has 1 spiro atoms. The fourth-order valence-corrected chi connectivity index (χ4v) is 10.5. The van der Waals surface area contributed by atoms with Crippen molar-refractivity contribution >= 4 is 24.5 Å². The van der Waals surface area contributed by atoms with Crippen molar-refractivity contribution < 1.29 is 9.22 Å². The summed E-state index contributed by atoms with van der Waals surface area (Å²) in [4.78, 5) is 13.0. The Morgan fingerprint density at radius 1 is 0.893 bits per heavy atom. The second-order valence-corrected chi connectivity index (χ2v) is 13.8. The third-order valence-corrected chi connectivity index (χ3v) is 12.1. The Bertz CT molecular complexity index is 781. The molecule has 2 aliphatic carbocycles. The van der Waals surface area contributed by atoms with E-state index in [0.29, 0.717) is 5.78 Å². The fourth-order valence-electron chi connectivity index (χ4n) is 5.67. The summed E-state index contributed by atoms with van der Waals surface area (Å²) in [6.45, 7) is 6.95. The number of Topliss-reactive ketones (excluding diaryl/α,β-unsaturated/α-hetero) is 1. The van der Waals surface area contributed by atoms with Gasteiger partial charge in [-0.3, -0.25) is 4.79 Å². The molecule has 2 aliphatic rings. The first kappa shape index (κ1) is 19.6. The van der Waals surface area contributed by atoms with Crippen LogP contribution in [-0.2, 0) is 9.22 Å². The normalized spacial score (nSPS) is 25.5. The molecule has 2 nitrogen and oxygen atoms in total. The third kappa shape index (κ3) is 3.00. The van der Waals surface area contributed by atoms with E-state index in [1.54, 1.807) is 0 Å². The molecule has 2 aromatic carbocycles. The molecule has 0 bridgehead atoms. The molecule has 2 atom stereocenters. The molecule has 3 heteroatoms. The Balaban J connectivity index is 1.87. The lowest BCUT2D eigenvalue weighted by Gasteiger charge is -2.47. The van der Waals surface area contributed by atoms with Crippen molar-refractivity contribution in [2.75, 3.05) is 0 Å². The molecule has 28 heavy (non-hydrogen) atoms. The van der Waals surface area contributed by atoms with Gasteiger partial charge in [-0.1, -0.05) is 81.4 Å². The zero-order valence-corrected chi connectivity index (χ0v) is 18.4. The monoisotopic (exact) mass is 392 g/mol. The summed E-state index contributed by atoms with van der Waals surface area (Å²) in [5, 5.41) is 2.57. The van der Waals surface area contributed by atoms with Crippen LogP contribution in [0.25, 0.3) is 0 Å². The van der Waals surface area contributed by atoms with Crippen LogP contribution >= 0.6 is 0 Å². The van der Waals surface area contributed by atoms with Crippen molar-refractivity contribution in [2.45, 2.75) is 70.4 Å². The van der Waals surface area contributed by atoms with Crippen molar-refractivity contribution in [3.63, 3.8) is 0 Å². The number of carbonyl (C=O) groups is 1. The van der Waals surface area contributed by atoms with Gasteiger partial charge in [-0.05, 0) is 47.5 Å². The zero-order chi connectivity index (χ0) is 19.8. The van der Waals surface area contributed by atoms with Crippen molar-refractivity contribution in [1.29, 1.82) is 0 Å². The smallest absolute Gasteiger partial charge is 0.261 e. The molecule has 2 aromatic rings. The molecule has 0 unspecified atom stereocenters. The summed E-state index contributed by atoms with van der Waals surface area (Å²) in [5.41, 5.74) is -0.229.